The molecule has 1 fully saturated rings. The number of rotatable bonds is 2. The Bertz CT molecular complexity index is 88.2. The average molecular weight is 103 g/mol. The van der Waals surface area contributed by atoms with E-state index in [-0.39, 0.29) is 6.10 Å². The van der Waals surface area contributed by atoms with Gasteiger partial charge < -0.3 is 4.84 Å². The molecule has 0 bridgehead atoms. The molecule has 4 heteroatoms. The van der Waals surface area contributed by atoms with Gasteiger partial charge in [0.15, 0.2) is 0 Å². The summed E-state index contributed by atoms with van der Waals surface area (Å²) in [7, 11) is 0. The molecule has 40 valence electrons. The molecule has 1 aliphatic rings. The summed E-state index contributed by atoms with van der Waals surface area (Å²) in [6.45, 7) is 0. The topological polar surface area (TPSA) is 52.4 Å². The Balaban J connectivity index is 2.08. The molecule has 0 aromatic rings. The van der Waals surface area contributed by atoms with Crippen LogP contribution in [0.2, 0.25) is 0 Å². The van der Waals surface area contributed by atoms with Crippen molar-refractivity contribution in [2.75, 3.05) is 0 Å². The first-order valence-electron chi connectivity index (χ1n) is 2.10. The first kappa shape index (κ1) is 4.36. The maximum atomic E-state index is 9.43. The van der Waals surface area contributed by atoms with Crippen molar-refractivity contribution < 1.29 is 9.92 Å². The van der Waals surface area contributed by atoms with Crippen LogP contribution in [0.1, 0.15) is 12.8 Å². The van der Waals surface area contributed by atoms with Gasteiger partial charge in [0, 0.05) is 0 Å². The maximum absolute atomic E-state index is 9.43. The highest BCUT2D eigenvalue weighted by Gasteiger charge is 2.25. The summed E-state index contributed by atoms with van der Waals surface area (Å²) in [5, 5.41) is 8.69. The number of hydrogen-bond donors (Lipinski definition) is 0. The summed E-state index contributed by atoms with van der Waals surface area (Å²) in [5.41, 5.74) is 0. The summed E-state index contributed by atoms with van der Waals surface area (Å²) < 4.78 is 0. The van der Waals surface area contributed by atoms with Crippen molar-refractivity contribution in [2.45, 2.75) is 18.9 Å². The third kappa shape index (κ3) is 1.39. The van der Waals surface area contributed by atoms with Crippen LogP contribution in [0.3, 0.4) is 0 Å². The summed E-state index contributed by atoms with van der Waals surface area (Å²) in [5.74, 6) is 0. The first-order chi connectivity index (χ1) is 3.29. The van der Waals surface area contributed by atoms with Crippen molar-refractivity contribution in [1.82, 2.24) is 0 Å². The predicted molar refractivity (Wildman–Crippen MR) is 21.1 cm³/mol. The highest BCUT2D eigenvalue weighted by atomic mass is 17.0. The zero-order valence-corrected chi connectivity index (χ0v) is 3.66. The summed E-state index contributed by atoms with van der Waals surface area (Å²) in [6.07, 6.45) is 1.62. The first-order valence-corrected chi connectivity index (χ1v) is 2.10. The van der Waals surface area contributed by atoms with Crippen molar-refractivity contribution in [3.8, 4) is 0 Å². The highest BCUT2D eigenvalue weighted by Crippen LogP contribution is 2.22. The van der Waals surface area contributed by atoms with E-state index in [0.29, 0.717) is 0 Å². The Morgan fingerprint density at radius 1 is 1.71 bits per heavy atom. The molecule has 0 spiro atoms. The molecule has 1 rings (SSSR count). The Morgan fingerprint density at radius 3 is 2.43 bits per heavy atom. The van der Waals surface area contributed by atoms with E-state index in [1.54, 1.807) is 0 Å². The van der Waals surface area contributed by atoms with Crippen LogP contribution in [0.15, 0.2) is 0 Å². The second-order valence-electron chi connectivity index (χ2n) is 1.53. The van der Waals surface area contributed by atoms with E-state index in [1.807, 2.05) is 0 Å². The minimum Gasteiger partial charge on any atom is -0.311 e. The van der Waals surface area contributed by atoms with E-state index < -0.39 is 5.09 Å². The van der Waals surface area contributed by atoms with E-state index in [1.165, 1.54) is 0 Å². The maximum Gasteiger partial charge on any atom is 0.294 e. The molecule has 0 amide bonds. The quantitative estimate of drug-likeness (QED) is 0.374. The van der Waals surface area contributed by atoms with E-state index in [9.17, 15) is 10.1 Å². The normalized spacial score (nSPS) is 18.9. The molecule has 0 aromatic carbocycles. The van der Waals surface area contributed by atoms with Crippen LogP contribution in [-0.2, 0) is 4.84 Å². The minimum absolute atomic E-state index is 0.0741. The molecular formula is C3H5NO3. The van der Waals surface area contributed by atoms with Gasteiger partial charge in [-0.05, 0) is 12.8 Å². The molecule has 7 heavy (non-hydrogen) atoms. The lowest BCUT2D eigenvalue weighted by atomic mass is 10.9. The van der Waals surface area contributed by atoms with Crippen molar-refractivity contribution in [3.05, 3.63) is 10.1 Å². The van der Waals surface area contributed by atoms with Gasteiger partial charge in [-0.15, -0.1) is 10.1 Å². The zero-order valence-electron chi connectivity index (χ0n) is 3.66. The molecule has 0 unspecified atom stereocenters. The fourth-order valence-corrected chi connectivity index (χ4v) is 0.295. The van der Waals surface area contributed by atoms with Gasteiger partial charge in [-0.2, -0.15) is 0 Å². The smallest absolute Gasteiger partial charge is 0.294 e. The minimum atomic E-state index is -0.738. The fourth-order valence-electron chi connectivity index (χ4n) is 0.295. The molecule has 0 N–H and O–H groups in total. The van der Waals surface area contributed by atoms with Gasteiger partial charge in [0.05, 0.1) is 0 Å². The van der Waals surface area contributed by atoms with Crippen LogP contribution < -0.4 is 0 Å². The average Bonchev–Trinajstić information content (AvgIpc) is 2.17. The number of hydrogen-bond acceptors (Lipinski definition) is 3. The lowest BCUT2D eigenvalue weighted by Gasteiger charge is -1.86. The van der Waals surface area contributed by atoms with Crippen LogP contribution >= 0.6 is 0 Å². The number of nitrogens with zero attached hydrogens (tertiary/aromatic N) is 1. The molecule has 0 saturated heterocycles. The Morgan fingerprint density at radius 2 is 2.29 bits per heavy atom. The van der Waals surface area contributed by atoms with Crippen molar-refractivity contribution in [3.63, 3.8) is 0 Å². The van der Waals surface area contributed by atoms with Crippen molar-refractivity contribution in [2.24, 2.45) is 0 Å². The lowest BCUT2D eigenvalue weighted by Crippen LogP contribution is -2.00. The third-order valence-corrected chi connectivity index (χ3v) is 0.760. The van der Waals surface area contributed by atoms with Crippen LogP contribution in [-0.4, -0.2) is 11.2 Å². The van der Waals surface area contributed by atoms with E-state index in [2.05, 4.69) is 4.84 Å². The van der Waals surface area contributed by atoms with Gasteiger partial charge >= 0.3 is 0 Å². The zero-order chi connectivity index (χ0) is 5.28. The SMILES string of the molecule is O=[N+]([O-])OC1CC1. The van der Waals surface area contributed by atoms with Crippen LogP contribution in [0.25, 0.3) is 0 Å². The monoisotopic (exact) mass is 103 g/mol. The predicted octanol–water partition coefficient (Wildman–Crippen LogP) is 0.357. The molecule has 0 aliphatic heterocycles. The summed E-state index contributed by atoms with van der Waals surface area (Å²) in [4.78, 5) is 13.5. The largest absolute Gasteiger partial charge is 0.311 e. The van der Waals surface area contributed by atoms with E-state index in [4.69, 9.17) is 0 Å². The second kappa shape index (κ2) is 1.36. The molecule has 0 atom stereocenters. The molecule has 1 aliphatic carbocycles. The van der Waals surface area contributed by atoms with Gasteiger partial charge in [0.2, 0.25) is 0 Å². The molecular weight excluding hydrogens is 98.0 g/mol. The molecule has 4 nitrogen and oxygen atoms in total. The highest BCUT2D eigenvalue weighted by molar-refractivity contribution is 4.70. The summed E-state index contributed by atoms with van der Waals surface area (Å²) in [6, 6.07) is 0. The Kier molecular flexibility index (Phi) is 0.850. The van der Waals surface area contributed by atoms with E-state index >= 15 is 0 Å². The van der Waals surface area contributed by atoms with Crippen LogP contribution in [0.4, 0.5) is 0 Å². The molecule has 0 aromatic heterocycles. The van der Waals surface area contributed by atoms with Crippen molar-refractivity contribution >= 4 is 0 Å². The molecule has 0 heterocycles. The molecule has 0 radical (unpaired) electrons. The third-order valence-electron chi connectivity index (χ3n) is 0.760. The van der Waals surface area contributed by atoms with Gasteiger partial charge in [-0.25, -0.2) is 0 Å². The Hall–Kier alpha value is -0.800. The second-order valence-corrected chi connectivity index (χ2v) is 1.53. The lowest BCUT2D eigenvalue weighted by molar-refractivity contribution is -0.762. The van der Waals surface area contributed by atoms with Crippen LogP contribution in [0, 0.1) is 10.1 Å². The van der Waals surface area contributed by atoms with Crippen molar-refractivity contribution in [1.29, 1.82) is 0 Å². The molecule has 1 saturated carbocycles. The summed E-state index contributed by atoms with van der Waals surface area (Å²) >= 11 is 0. The van der Waals surface area contributed by atoms with Gasteiger partial charge in [-0.3, -0.25) is 0 Å². The van der Waals surface area contributed by atoms with Gasteiger partial charge in [0.1, 0.15) is 6.10 Å². The fraction of sp³-hybridized carbons (Fsp3) is 1.00. The van der Waals surface area contributed by atoms with E-state index in [0.717, 1.165) is 12.8 Å². The van der Waals surface area contributed by atoms with Gasteiger partial charge in [0.25, 0.3) is 5.09 Å². The standard InChI is InChI=1S/C3H5NO3/c5-4(6)7-3-1-2-3/h3H,1-2H2. The van der Waals surface area contributed by atoms with Gasteiger partial charge in [-0.1, -0.05) is 0 Å². The van der Waals surface area contributed by atoms with Crippen LogP contribution in [0.5, 0.6) is 0 Å². The Labute approximate surface area is 40.2 Å².